The van der Waals surface area contributed by atoms with Crippen LogP contribution < -0.4 is 15.5 Å². The number of amides is 1. The zero-order chi connectivity index (χ0) is 14.8. The Kier molecular flexibility index (Phi) is 3.19. The number of nitrogens with one attached hydrogen (secondary N) is 2. The van der Waals surface area contributed by atoms with Crippen LogP contribution in [0.2, 0.25) is 0 Å². The third-order valence-corrected chi connectivity index (χ3v) is 3.08. The summed E-state index contributed by atoms with van der Waals surface area (Å²) < 4.78 is 9.92. The maximum atomic E-state index is 12.1. The lowest BCUT2D eigenvalue weighted by Gasteiger charge is -2.06. The number of carbonyl (C=O) groups excluding carboxylic acids is 1. The van der Waals surface area contributed by atoms with Crippen molar-refractivity contribution < 1.29 is 13.9 Å². The van der Waals surface area contributed by atoms with Gasteiger partial charge in [0.15, 0.2) is 5.76 Å². The van der Waals surface area contributed by atoms with Crippen molar-refractivity contribution >= 4 is 22.5 Å². The second-order valence-corrected chi connectivity index (χ2v) is 4.38. The van der Waals surface area contributed by atoms with E-state index >= 15 is 0 Å². The first-order chi connectivity index (χ1) is 10.2. The van der Waals surface area contributed by atoms with Gasteiger partial charge in [-0.1, -0.05) is 6.07 Å². The van der Waals surface area contributed by atoms with Gasteiger partial charge in [0.05, 0.1) is 12.8 Å². The van der Waals surface area contributed by atoms with Crippen molar-refractivity contribution in [1.82, 2.24) is 4.98 Å². The molecule has 1 amide bonds. The van der Waals surface area contributed by atoms with E-state index in [1.165, 1.54) is 7.11 Å². The lowest BCUT2D eigenvalue weighted by Crippen LogP contribution is -2.15. The number of aromatic amines is 1. The molecule has 0 spiro atoms. The predicted octanol–water partition coefficient (Wildman–Crippen LogP) is 2.38. The topological polar surface area (TPSA) is 84.3 Å². The van der Waals surface area contributed by atoms with Crippen molar-refractivity contribution in [2.24, 2.45) is 0 Å². The van der Waals surface area contributed by atoms with E-state index in [-0.39, 0.29) is 11.5 Å². The molecule has 21 heavy (non-hydrogen) atoms. The second-order valence-electron chi connectivity index (χ2n) is 4.38. The first kappa shape index (κ1) is 13.0. The molecule has 0 fully saturated rings. The Bertz CT molecular complexity index is 863. The minimum atomic E-state index is -0.497. The largest absolute Gasteiger partial charge is 0.490 e. The molecule has 2 N–H and O–H groups in total. The van der Waals surface area contributed by atoms with Crippen molar-refractivity contribution in [3.8, 4) is 5.75 Å². The molecule has 106 valence electrons. The quantitative estimate of drug-likeness (QED) is 0.773. The van der Waals surface area contributed by atoms with Gasteiger partial charge in [0.1, 0.15) is 6.26 Å². The average molecular weight is 284 g/mol. The lowest BCUT2D eigenvalue weighted by molar-refractivity contribution is 0.0994. The Morgan fingerprint density at radius 1 is 1.33 bits per heavy atom. The van der Waals surface area contributed by atoms with Crippen molar-refractivity contribution in [2.45, 2.75) is 0 Å². The maximum absolute atomic E-state index is 12.1. The molecule has 0 radical (unpaired) electrons. The van der Waals surface area contributed by atoms with E-state index in [1.807, 2.05) is 18.2 Å². The molecule has 1 aromatic carbocycles. The SMILES string of the molecule is COc1coc(C(=O)Nc2cccc3[nH]ccc23)cc1=O. The molecule has 0 saturated heterocycles. The third kappa shape index (κ3) is 2.38. The fourth-order valence-corrected chi connectivity index (χ4v) is 2.05. The van der Waals surface area contributed by atoms with E-state index in [2.05, 4.69) is 10.3 Å². The standard InChI is InChI=1S/C15H12N2O4/c1-20-14-8-21-13(7-12(14)18)15(19)17-11-4-2-3-10-9(11)5-6-16-10/h2-8,16H,1H3,(H,17,19). The molecule has 0 aliphatic rings. The van der Waals surface area contributed by atoms with Gasteiger partial charge >= 0.3 is 0 Å². The van der Waals surface area contributed by atoms with Crippen LogP contribution in [0, 0.1) is 0 Å². The van der Waals surface area contributed by atoms with E-state index < -0.39 is 11.3 Å². The highest BCUT2D eigenvalue weighted by molar-refractivity contribution is 6.07. The third-order valence-electron chi connectivity index (χ3n) is 3.08. The van der Waals surface area contributed by atoms with Crippen LogP contribution >= 0.6 is 0 Å². The first-order valence-corrected chi connectivity index (χ1v) is 6.23. The van der Waals surface area contributed by atoms with Crippen LogP contribution in [0.4, 0.5) is 5.69 Å². The summed E-state index contributed by atoms with van der Waals surface area (Å²) in [7, 11) is 1.36. The van der Waals surface area contributed by atoms with Gasteiger partial charge in [0.2, 0.25) is 11.2 Å². The minimum Gasteiger partial charge on any atom is -0.490 e. The fraction of sp³-hybridized carbons (Fsp3) is 0.0667. The zero-order valence-electron chi connectivity index (χ0n) is 11.2. The zero-order valence-corrected chi connectivity index (χ0v) is 11.2. The number of anilines is 1. The van der Waals surface area contributed by atoms with Crippen LogP contribution in [0.5, 0.6) is 5.75 Å². The summed E-state index contributed by atoms with van der Waals surface area (Å²) >= 11 is 0. The Balaban J connectivity index is 1.91. The van der Waals surface area contributed by atoms with Crippen LogP contribution in [0.1, 0.15) is 10.6 Å². The lowest BCUT2D eigenvalue weighted by atomic mass is 10.2. The molecule has 2 heterocycles. The smallest absolute Gasteiger partial charge is 0.291 e. The Morgan fingerprint density at radius 3 is 2.95 bits per heavy atom. The van der Waals surface area contributed by atoms with Gasteiger partial charge in [-0.15, -0.1) is 0 Å². The Labute approximate surface area is 119 Å². The van der Waals surface area contributed by atoms with Gasteiger partial charge in [-0.25, -0.2) is 0 Å². The van der Waals surface area contributed by atoms with Gasteiger partial charge in [0, 0.05) is 23.2 Å². The molecular weight excluding hydrogens is 272 g/mol. The summed E-state index contributed by atoms with van der Waals surface area (Å²) in [6.45, 7) is 0. The summed E-state index contributed by atoms with van der Waals surface area (Å²) in [6.07, 6.45) is 2.90. The molecule has 3 rings (SSSR count). The van der Waals surface area contributed by atoms with Gasteiger partial charge in [-0.3, -0.25) is 9.59 Å². The number of benzene rings is 1. The molecule has 0 aliphatic carbocycles. The van der Waals surface area contributed by atoms with E-state index in [1.54, 1.807) is 12.3 Å². The predicted molar refractivity (Wildman–Crippen MR) is 77.8 cm³/mol. The first-order valence-electron chi connectivity index (χ1n) is 6.23. The van der Waals surface area contributed by atoms with Gasteiger partial charge in [-0.05, 0) is 18.2 Å². The molecule has 6 heteroatoms. The van der Waals surface area contributed by atoms with Crippen LogP contribution in [-0.4, -0.2) is 18.0 Å². The van der Waals surface area contributed by atoms with Crippen molar-refractivity contribution in [1.29, 1.82) is 0 Å². The number of methoxy groups -OCH3 is 1. The molecule has 2 aromatic heterocycles. The molecule has 3 aromatic rings. The molecular formula is C15H12N2O4. The van der Waals surface area contributed by atoms with Gasteiger partial charge in [0.25, 0.3) is 5.91 Å². The highest BCUT2D eigenvalue weighted by atomic mass is 16.5. The summed E-state index contributed by atoms with van der Waals surface area (Å²) in [4.78, 5) is 26.8. The molecule has 0 saturated carbocycles. The van der Waals surface area contributed by atoms with Crippen molar-refractivity contribution in [2.75, 3.05) is 12.4 Å². The summed E-state index contributed by atoms with van der Waals surface area (Å²) in [5.74, 6) is -0.518. The summed E-state index contributed by atoms with van der Waals surface area (Å²) in [5, 5.41) is 3.60. The molecule has 6 nitrogen and oxygen atoms in total. The average Bonchev–Trinajstić information content (AvgIpc) is 2.96. The molecule has 0 aliphatic heterocycles. The number of rotatable bonds is 3. The van der Waals surface area contributed by atoms with Crippen LogP contribution in [0.3, 0.4) is 0 Å². The number of hydrogen-bond donors (Lipinski definition) is 2. The van der Waals surface area contributed by atoms with Crippen molar-refractivity contribution in [3.05, 3.63) is 58.8 Å². The minimum absolute atomic E-state index is 0.0549. The second kappa shape index (κ2) is 5.16. The molecule has 0 bridgehead atoms. The van der Waals surface area contributed by atoms with Crippen LogP contribution in [-0.2, 0) is 0 Å². The highest BCUT2D eigenvalue weighted by Gasteiger charge is 2.13. The molecule has 0 unspecified atom stereocenters. The number of aromatic nitrogens is 1. The Morgan fingerprint density at radius 2 is 2.19 bits per heavy atom. The monoisotopic (exact) mass is 284 g/mol. The van der Waals surface area contributed by atoms with E-state index in [4.69, 9.17) is 9.15 Å². The number of carbonyl (C=O) groups is 1. The number of hydrogen-bond acceptors (Lipinski definition) is 4. The number of H-pyrrole nitrogens is 1. The summed E-state index contributed by atoms with van der Waals surface area (Å²) in [5.41, 5.74) is 1.13. The van der Waals surface area contributed by atoms with E-state index in [9.17, 15) is 9.59 Å². The molecule has 0 atom stereocenters. The van der Waals surface area contributed by atoms with Crippen LogP contribution in [0.25, 0.3) is 10.9 Å². The highest BCUT2D eigenvalue weighted by Crippen LogP contribution is 2.22. The van der Waals surface area contributed by atoms with Gasteiger partial charge < -0.3 is 19.5 Å². The normalized spacial score (nSPS) is 10.5. The summed E-state index contributed by atoms with van der Waals surface area (Å²) in [6, 6.07) is 8.45. The van der Waals surface area contributed by atoms with E-state index in [0.717, 1.165) is 23.2 Å². The van der Waals surface area contributed by atoms with Crippen LogP contribution in [0.15, 0.2) is 52.0 Å². The number of fused-ring (bicyclic) bond motifs is 1. The number of ether oxygens (including phenoxy) is 1. The maximum Gasteiger partial charge on any atom is 0.291 e. The Hall–Kier alpha value is -3.02. The van der Waals surface area contributed by atoms with E-state index in [0.29, 0.717) is 5.69 Å². The van der Waals surface area contributed by atoms with Gasteiger partial charge in [-0.2, -0.15) is 0 Å². The van der Waals surface area contributed by atoms with Crippen molar-refractivity contribution in [3.63, 3.8) is 0 Å². The fourth-order valence-electron chi connectivity index (χ4n) is 2.05.